The zero-order valence-corrected chi connectivity index (χ0v) is 15.8. The van der Waals surface area contributed by atoms with Gasteiger partial charge in [-0.1, -0.05) is 12.1 Å². The van der Waals surface area contributed by atoms with Crippen LogP contribution in [0.4, 0.5) is 13.2 Å². The molecule has 0 amide bonds. The lowest BCUT2D eigenvalue weighted by molar-refractivity contribution is -0.189. The molecule has 0 radical (unpaired) electrons. The standard InChI is InChI=1S/C16H19BrF3N3O3/c1-8(16(18,19)20)26-13-5-11(22-7-10(13)17)12(24)6-15(2,9-3-4-9)14(21)23-25/h5,7-9,25H,3-4,6H2,1-2H3,(H2,21,23)/t8-,15?/m0/s1. The van der Waals surface area contributed by atoms with E-state index in [-0.39, 0.29) is 34.1 Å². The van der Waals surface area contributed by atoms with Crippen LogP contribution in [0.2, 0.25) is 0 Å². The second kappa shape index (κ2) is 7.42. The van der Waals surface area contributed by atoms with E-state index in [4.69, 9.17) is 15.7 Å². The summed E-state index contributed by atoms with van der Waals surface area (Å²) in [6.45, 7) is 2.59. The molecule has 0 bridgehead atoms. The van der Waals surface area contributed by atoms with Crippen molar-refractivity contribution in [2.45, 2.75) is 45.4 Å². The first-order valence-corrected chi connectivity index (χ1v) is 8.68. The van der Waals surface area contributed by atoms with Gasteiger partial charge in [0.1, 0.15) is 17.3 Å². The summed E-state index contributed by atoms with van der Waals surface area (Å²) >= 11 is 3.07. The van der Waals surface area contributed by atoms with Crippen molar-refractivity contribution in [3.05, 3.63) is 22.4 Å². The summed E-state index contributed by atoms with van der Waals surface area (Å²) < 4.78 is 43.2. The molecule has 1 aliphatic carbocycles. The number of aromatic nitrogens is 1. The van der Waals surface area contributed by atoms with Gasteiger partial charge >= 0.3 is 6.18 Å². The highest BCUT2D eigenvalue weighted by molar-refractivity contribution is 9.10. The highest BCUT2D eigenvalue weighted by Crippen LogP contribution is 2.48. The van der Waals surface area contributed by atoms with Crippen LogP contribution in [0.5, 0.6) is 5.75 Å². The van der Waals surface area contributed by atoms with Gasteiger partial charge in [-0.05, 0) is 41.6 Å². The molecule has 26 heavy (non-hydrogen) atoms. The van der Waals surface area contributed by atoms with E-state index in [2.05, 4.69) is 26.1 Å². The Kier molecular flexibility index (Phi) is 5.84. The van der Waals surface area contributed by atoms with Crippen molar-refractivity contribution in [1.82, 2.24) is 4.98 Å². The summed E-state index contributed by atoms with van der Waals surface area (Å²) in [7, 11) is 0. The number of hydrogen-bond acceptors (Lipinski definition) is 5. The summed E-state index contributed by atoms with van der Waals surface area (Å²) in [6.07, 6.45) is -3.74. The molecular formula is C16H19BrF3N3O3. The van der Waals surface area contributed by atoms with Crippen LogP contribution < -0.4 is 10.5 Å². The number of ether oxygens (including phenoxy) is 1. The largest absolute Gasteiger partial charge is 0.480 e. The van der Waals surface area contributed by atoms with Crippen LogP contribution in [0.15, 0.2) is 21.9 Å². The molecular weight excluding hydrogens is 419 g/mol. The van der Waals surface area contributed by atoms with Crippen LogP contribution in [0, 0.1) is 11.3 Å². The summed E-state index contributed by atoms with van der Waals surface area (Å²) in [4.78, 5) is 16.6. The lowest BCUT2D eigenvalue weighted by atomic mass is 9.78. The van der Waals surface area contributed by atoms with Gasteiger partial charge in [0.05, 0.1) is 4.47 Å². The number of amidine groups is 1. The predicted octanol–water partition coefficient (Wildman–Crippen LogP) is 3.91. The fourth-order valence-corrected chi connectivity index (χ4v) is 2.93. The fraction of sp³-hybridized carbons (Fsp3) is 0.562. The lowest BCUT2D eigenvalue weighted by Crippen LogP contribution is -2.38. The Morgan fingerprint density at radius 2 is 2.15 bits per heavy atom. The summed E-state index contributed by atoms with van der Waals surface area (Å²) in [5.41, 5.74) is 4.88. The van der Waals surface area contributed by atoms with Crippen LogP contribution in [0.1, 0.15) is 43.6 Å². The van der Waals surface area contributed by atoms with Crippen molar-refractivity contribution in [2.24, 2.45) is 22.2 Å². The first kappa shape index (κ1) is 20.5. The normalized spacial score (nSPS) is 18.9. The van der Waals surface area contributed by atoms with Gasteiger partial charge in [0.2, 0.25) is 0 Å². The van der Waals surface area contributed by atoms with Crippen LogP contribution in [0.3, 0.4) is 0 Å². The number of rotatable bonds is 7. The molecule has 1 fully saturated rings. The zero-order valence-electron chi connectivity index (χ0n) is 14.2. The summed E-state index contributed by atoms with van der Waals surface area (Å²) in [5, 5.41) is 12.0. The van der Waals surface area contributed by atoms with Crippen LogP contribution in [0.25, 0.3) is 0 Å². The van der Waals surface area contributed by atoms with E-state index >= 15 is 0 Å². The lowest BCUT2D eigenvalue weighted by Gasteiger charge is -2.27. The highest BCUT2D eigenvalue weighted by atomic mass is 79.9. The number of hydrogen-bond donors (Lipinski definition) is 2. The molecule has 1 saturated carbocycles. The molecule has 3 N–H and O–H groups in total. The third-order valence-electron chi connectivity index (χ3n) is 4.57. The fourth-order valence-electron chi connectivity index (χ4n) is 2.62. The van der Waals surface area contributed by atoms with E-state index in [1.807, 2.05) is 0 Å². The number of nitrogens with zero attached hydrogens (tertiary/aromatic N) is 2. The van der Waals surface area contributed by atoms with E-state index < -0.39 is 23.5 Å². The van der Waals surface area contributed by atoms with Crippen LogP contribution >= 0.6 is 15.9 Å². The molecule has 6 nitrogen and oxygen atoms in total. The number of pyridine rings is 1. The minimum absolute atomic E-state index is 0.0461. The van der Waals surface area contributed by atoms with Crippen molar-refractivity contribution in [1.29, 1.82) is 0 Å². The van der Waals surface area contributed by atoms with Gasteiger partial charge in [0, 0.05) is 24.1 Å². The number of ketones is 1. The third kappa shape index (κ3) is 4.46. The van der Waals surface area contributed by atoms with Gasteiger partial charge in [-0.15, -0.1) is 0 Å². The van der Waals surface area contributed by atoms with Crippen molar-refractivity contribution >= 4 is 27.5 Å². The Balaban J connectivity index is 2.23. The average Bonchev–Trinajstić information content (AvgIpc) is 3.40. The van der Waals surface area contributed by atoms with E-state index in [0.717, 1.165) is 25.8 Å². The van der Waals surface area contributed by atoms with Crippen LogP contribution in [-0.2, 0) is 0 Å². The minimum atomic E-state index is -4.54. The Labute approximate surface area is 156 Å². The molecule has 0 spiro atoms. The molecule has 0 aromatic carbocycles. The Morgan fingerprint density at radius 3 is 2.65 bits per heavy atom. The van der Waals surface area contributed by atoms with Gasteiger partial charge in [-0.25, -0.2) is 0 Å². The second-order valence-corrected chi connectivity index (χ2v) is 7.43. The van der Waals surface area contributed by atoms with Crippen molar-refractivity contribution in [3.8, 4) is 5.75 Å². The van der Waals surface area contributed by atoms with Crippen molar-refractivity contribution < 1.29 is 27.9 Å². The maximum Gasteiger partial charge on any atom is 0.425 e. The first-order chi connectivity index (χ1) is 12.0. The van der Waals surface area contributed by atoms with Crippen molar-refractivity contribution in [2.75, 3.05) is 0 Å². The highest BCUT2D eigenvalue weighted by Gasteiger charge is 2.46. The monoisotopic (exact) mass is 437 g/mol. The first-order valence-electron chi connectivity index (χ1n) is 7.89. The van der Waals surface area contributed by atoms with Crippen molar-refractivity contribution in [3.63, 3.8) is 0 Å². The summed E-state index contributed by atoms with van der Waals surface area (Å²) in [5.74, 6) is -0.500. The molecule has 1 heterocycles. The molecule has 1 aromatic heterocycles. The maximum atomic E-state index is 12.7. The zero-order chi connectivity index (χ0) is 19.7. The average molecular weight is 438 g/mol. The SMILES string of the molecule is C[C@H](Oc1cc(C(=O)CC(C)(/C(N)=N/O)C2CC2)ncc1Br)C(F)(F)F. The maximum absolute atomic E-state index is 12.7. The Morgan fingerprint density at radius 1 is 1.54 bits per heavy atom. The number of alkyl halides is 3. The molecule has 144 valence electrons. The number of oxime groups is 1. The smallest absolute Gasteiger partial charge is 0.425 e. The van der Waals surface area contributed by atoms with E-state index in [1.165, 1.54) is 6.20 Å². The number of carbonyl (C=O) groups excluding carboxylic acids is 1. The number of Topliss-reactive ketones (excluding diaryl/α,β-unsaturated/α-hetero) is 1. The van der Waals surface area contributed by atoms with Gasteiger partial charge in [-0.2, -0.15) is 13.2 Å². The van der Waals surface area contributed by atoms with E-state index in [1.54, 1.807) is 6.92 Å². The topological polar surface area (TPSA) is 97.8 Å². The third-order valence-corrected chi connectivity index (χ3v) is 5.17. The van der Waals surface area contributed by atoms with Gasteiger partial charge in [0.25, 0.3) is 0 Å². The van der Waals surface area contributed by atoms with Gasteiger partial charge in [0.15, 0.2) is 11.9 Å². The number of nitrogens with two attached hydrogens (primary N) is 1. The van der Waals surface area contributed by atoms with E-state index in [9.17, 15) is 18.0 Å². The number of carbonyl (C=O) groups is 1. The van der Waals surface area contributed by atoms with Gasteiger partial charge in [-0.3, -0.25) is 9.78 Å². The minimum Gasteiger partial charge on any atom is -0.480 e. The van der Waals surface area contributed by atoms with Crippen LogP contribution in [-0.4, -0.2) is 34.1 Å². The molecule has 0 saturated heterocycles. The van der Waals surface area contributed by atoms with E-state index in [0.29, 0.717) is 0 Å². The Bertz CT molecular complexity index is 722. The molecule has 2 atom stereocenters. The number of halogens is 4. The molecule has 1 aromatic rings. The molecule has 2 rings (SSSR count). The second-order valence-electron chi connectivity index (χ2n) is 6.58. The molecule has 10 heteroatoms. The Hall–Kier alpha value is -1.84. The molecule has 0 aliphatic heterocycles. The quantitative estimate of drug-likeness (QED) is 0.221. The summed E-state index contributed by atoms with van der Waals surface area (Å²) in [6, 6.07) is 1.16. The predicted molar refractivity (Wildman–Crippen MR) is 91.3 cm³/mol. The molecule has 1 aliphatic rings. The van der Waals surface area contributed by atoms with Gasteiger partial charge < -0.3 is 15.7 Å². The molecule has 1 unspecified atom stereocenters.